The molecule has 1 fully saturated rings. The van der Waals surface area contributed by atoms with Crippen molar-refractivity contribution in [3.63, 3.8) is 0 Å². The highest BCUT2D eigenvalue weighted by atomic mass is 16.5. The van der Waals surface area contributed by atoms with Crippen LogP contribution in [0.15, 0.2) is 12.2 Å². The maximum atomic E-state index is 11.1. The van der Waals surface area contributed by atoms with Gasteiger partial charge in [0.05, 0.1) is 6.61 Å². The molecule has 0 radical (unpaired) electrons. The topological polar surface area (TPSA) is 29.5 Å². The molecule has 0 aromatic heterocycles. The van der Waals surface area contributed by atoms with Gasteiger partial charge in [-0.25, -0.2) is 0 Å². The summed E-state index contributed by atoms with van der Waals surface area (Å²) < 4.78 is 4.99. The molecule has 10 heavy (non-hydrogen) atoms. The van der Waals surface area contributed by atoms with Gasteiger partial charge in [0, 0.05) is 12.1 Å². The zero-order chi connectivity index (χ0) is 7.56. The van der Waals surface area contributed by atoms with E-state index in [1.165, 1.54) is 0 Å². The van der Waals surface area contributed by atoms with Crippen molar-refractivity contribution >= 4 is 5.91 Å². The second kappa shape index (κ2) is 2.84. The van der Waals surface area contributed by atoms with Crippen molar-refractivity contribution in [1.82, 2.24) is 4.90 Å². The second-order valence-corrected chi connectivity index (χ2v) is 2.39. The maximum Gasteiger partial charge on any atom is 0.250 e. The molecule has 1 rings (SSSR count). The van der Waals surface area contributed by atoms with E-state index in [9.17, 15) is 4.79 Å². The monoisotopic (exact) mass is 141 g/mol. The minimum Gasteiger partial charge on any atom is -0.359 e. The molecule has 56 valence electrons. The third-order valence-corrected chi connectivity index (χ3v) is 1.40. The molecule has 0 saturated carbocycles. The van der Waals surface area contributed by atoms with Crippen LogP contribution in [-0.4, -0.2) is 30.7 Å². The quantitative estimate of drug-likeness (QED) is 0.494. The maximum absolute atomic E-state index is 11.1. The molecule has 0 aromatic carbocycles. The van der Waals surface area contributed by atoms with Crippen LogP contribution in [0.4, 0.5) is 0 Å². The molecule has 0 aliphatic carbocycles. The number of nitrogens with zero attached hydrogens (tertiary/aromatic N) is 1. The first-order valence-electron chi connectivity index (χ1n) is 3.24. The van der Waals surface area contributed by atoms with Crippen LogP contribution in [-0.2, 0) is 9.53 Å². The summed E-state index contributed by atoms with van der Waals surface area (Å²) in [4.78, 5) is 12.7. The number of carbonyl (C=O) groups is 1. The average Bonchev–Trinajstić information content (AvgIpc) is 2.36. The van der Waals surface area contributed by atoms with Crippen molar-refractivity contribution in [2.45, 2.75) is 6.92 Å². The molecule has 0 aromatic rings. The second-order valence-electron chi connectivity index (χ2n) is 2.39. The molecule has 1 amide bonds. The fraction of sp³-hybridized carbons (Fsp3) is 0.571. The lowest BCUT2D eigenvalue weighted by atomic mass is 10.3. The molecule has 3 nitrogen and oxygen atoms in total. The van der Waals surface area contributed by atoms with Crippen LogP contribution in [0.5, 0.6) is 0 Å². The molecule has 0 bridgehead atoms. The third-order valence-electron chi connectivity index (χ3n) is 1.40. The van der Waals surface area contributed by atoms with Crippen LogP contribution >= 0.6 is 0 Å². The Labute approximate surface area is 60.3 Å². The third kappa shape index (κ3) is 1.36. The smallest absolute Gasteiger partial charge is 0.250 e. The first-order valence-corrected chi connectivity index (χ1v) is 3.24. The summed E-state index contributed by atoms with van der Waals surface area (Å²) in [5, 5.41) is 0. The van der Waals surface area contributed by atoms with Crippen molar-refractivity contribution in [1.29, 1.82) is 0 Å². The summed E-state index contributed by atoms with van der Waals surface area (Å²) in [6.07, 6.45) is 0. The molecule has 0 spiro atoms. The molecule has 1 saturated heterocycles. The molecule has 0 unspecified atom stereocenters. The van der Waals surface area contributed by atoms with Gasteiger partial charge in [-0.15, -0.1) is 0 Å². The van der Waals surface area contributed by atoms with E-state index < -0.39 is 0 Å². The summed E-state index contributed by atoms with van der Waals surface area (Å²) in [7, 11) is 0. The highest BCUT2D eigenvalue weighted by Crippen LogP contribution is 2.03. The molecular weight excluding hydrogens is 130 g/mol. The van der Waals surface area contributed by atoms with E-state index in [1.54, 1.807) is 11.8 Å². The number of ether oxygens (including phenoxy) is 1. The van der Waals surface area contributed by atoms with E-state index in [-0.39, 0.29) is 5.91 Å². The van der Waals surface area contributed by atoms with Crippen molar-refractivity contribution in [2.75, 3.05) is 19.9 Å². The Balaban J connectivity index is 2.48. The van der Waals surface area contributed by atoms with Gasteiger partial charge in [-0.2, -0.15) is 0 Å². The number of rotatable bonds is 1. The first-order chi connectivity index (χ1) is 4.72. The van der Waals surface area contributed by atoms with Crippen LogP contribution < -0.4 is 0 Å². The average molecular weight is 141 g/mol. The fourth-order valence-corrected chi connectivity index (χ4v) is 0.844. The normalized spacial score (nSPS) is 17.5. The molecule has 0 atom stereocenters. The van der Waals surface area contributed by atoms with E-state index in [0.29, 0.717) is 25.5 Å². The number of hydrogen-bond donors (Lipinski definition) is 0. The lowest BCUT2D eigenvalue weighted by Gasteiger charge is -2.11. The van der Waals surface area contributed by atoms with Gasteiger partial charge in [0.15, 0.2) is 0 Å². The Hall–Kier alpha value is -0.830. The van der Waals surface area contributed by atoms with Gasteiger partial charge >= 0.3 is 0 Å². The molecule has 0 N–H and O–H groups in total. The van der Waals surface area contributed by atoms with Gasteiger partial charge in [0.2, 0.25) is 0 Å². The molecule has 1 aliphatic heterocycles. The number of carbonyl (C=O) groups excluding carboxylic acids is 1. The highest BCUT2D eigenvalue weighted by Gasteiger charge is 2.17. The first kappa shape index (κ1) is 7.28. The Morgan fingerprint density at radius 2 is 2.40 bits per heavy atom. The van der Waals surface area contributed by atoms with Crippen molar-refractivity contribution in [2.24, 2.45) is 0 Å². The lowest BCUT2D eigenvalue weighted by molar-refractivity contribution is -0.127. The number of amides is 1. The van der Waals surface area contributed by atoms with E-state index in [2.05, 4.69) is 6.58 Å². The van der Waals surface area contributed by atoms with E-state index in [4.69, 9.17) is 4.74 Å². The van der Waals surface area contributed by atoms with E-state index in [0.717, 1.165) is 0 Å². The van der Waals surface area contributed by atoms with Crippen LogP contribution in [0.3, 0.4) is 0 Å². The largest absolute Gasteiger partial charge is 0.359 e. The van der Waals surface area contributed by atoms with Crippen molar-refractivity contribution in [3.8, 4) is 0 Å². The van der Waals surface area contributed by atoms with Crippen LogP contribution in [0, 0.1) is 0 Å². The van der Waals surface area contributed by atoms with Gasteiger partial charge in [-0.1, -0.05) is 6.58 Å². The van der Waals surface area contributed by atoms with Gasteiger partial charge in [0.1, 0.15) is 6.73 Å². The van der Waals surface area contributed by atoms with Crippen LogP contribution in [0.2, 0.25) is 0 Å². The Kier molecular flexibility index (Phi) is 2.06. The summed E-state index contributed by atoms with van der Waals surface area (Å²) >= 11 is 0. The van der Waals surface area contributed by atoms with E-state index >= 15 is 0 Å². The number of hydrogen-bond acceptors (Lipinski definition) is 2. The fourth-order valence-electron chi connectivity index (χ4n) is 0.844. The zero-order valence-electron chi connectivity index (χ0n) is 6.09. The Morgan fingerprint density at radius 3 is 2.80 bits per heavy atom. The zero-order valence-corrected chi connectivity index (χ0v) is 6.09. The van der Waals surface area contributed by atoms with Crippen LogP contribution in [0.1, 0.15) is 6.92 Å². The molecular formula is C7H11NO2. The van der Waals surface area contributed by atoms with Gasteiger partial charge in [0.25, 0.3) is 5.91 Å². The van der Waals surface area contributed by atoms with E-state index in [1.807, 2.05) is 0 Å². The van der Waals surface area contributed by atoms with Gasteiger partial charge < -0.3 is 9.64 Å². The summed E-state index contributed by atoms with van der Waals surface area (Å²) in [6.45, 7) is 7.04. The summed E-state index contributed by atoms with van der Waals surface area (Å²) in [6, 6.07) is 0. The highest BCUT2D eigenvalue weighted by molar-refractivity contribution is 5.92. The summed E-state index contributed by atoms with van der Waals surface area (Å²) in [5.74, 6) is -0.00231. The SMILES string of the molecule is C=C(C)C(=O)N1CCOC1. The van der Waals surface area contributed by atoms with Crippen LogP contribution in [0.25, 0.3) is 0 Å². The molecule has 1 heterocycles. The predicted octanol–water partition coefficient (Wildman–Crippen LogP) is 0.379. The standard InChI is InChI=1S/C7H11NO2/c1-6(2)7(9)8-3-4-10-5-8/h1,3-5H2,2H3. The molecule has 3 heteroatoms. The van der Waals surface area contributed by atoms with Gasteiger partial charge in [-0.3, -0.25) is 4.79 Å². The minimum atomic E-state index is -0.00231. The minimum absolute atomic E-state index is 0.00231. The Bertz CT molecular complexity index is 159. The van der Waals surface area contributed by atoms with Gasteiger partial charge in [-0.05, 0) is 6.92 Å². The van der Waals surface area contributed by atoms with Crippen molar-refractivity contribution in [3.05, 3.63) is 12.2 Å². The molecule has 1 aliphatic rings. The Morgan fingerprint density at radius 1 is 1.70 bits per heavy atom. The lowest BCUT2D eigenvalue weighted by Crippen LogP contribution is -2.28. The van der Waals surface area contributed by atoms with Crippen molar-refractivity contribution < 1.29 is 9.53 Å². The predicted molar refractivity (Wildman–Crippen MR) is 37.3 cm³/mol. The summed E-state index contributed by atoms with van der Waals surface area (Å²) in [5.41, 5.74) is 0.575.